The van der Waals surface area contributed by atoms with E-state index < -0.39 is 5.60 Å². The predicted octanol–water partition coefficient (Wildman–Crippen LogP) is 3.41. The van der Waals surface area contributed by atoms with Crippen LogP contribution in [0.25, 0.3) is 0 Å². The maximum absolute atomic E-state index is 12.9. The van der Waals surface area contributed by atoms with E-state index >= 15 is 0 Å². The molecule has 0 fully saturated rings. The molecule has 4 heteroatoms. The molecule has 0 heterocycles. The largest absolute Gasteiger partial charge is 0.478 e. The topological polar surface area (TPSA) is 29.5 Å². The van der Waals surface area contributed by atoms with Gasteiger partial charge in [0.2, 0.25) is 0 Å². The molecule has 1 amide bonds. The summed E-state index contributed by atoms with van der Waals surface area (Å²) in [7, 11) is 0. The molecule has 0 aromatic heterocycles. The smallest absolute Gasteiger partial charge is 0.266 e. The standard InChI is InChI=1S/C16H22FNO2/c1-6-18(11-12(2)3)15(19)16(4,5)20-14-9-7-13(17)8-10-14/h7-10H,2,6,11H2,1,3-5H3. The van der Waals surface area contributed by atoms with Crippen LogP contribution in [0.15, 0.2) is 36.4 Å². The third-order valence-electron chi connectivity index (χ3n) is 2.83. The zero-order valence-electron chi connectivity index (χ0n) is 12.6. The minimum Gasteiger partial charge on any atom is -0.478 e. The fourth-order valence-electron chi connectivity index (χ4n) is 1.87. The summed E-state index contributed by atoms with van der Waals surface area (Å²) < 4.78 is 18.6. The van der Waals surface area contributed by atoms with Crippen LogP contribution in [-0.4, -0.2) is 29.5 Å². The molecule has 0 atom stereocenters. The molecule has 1 aromatic carbocycles. The first-order valence-electron chi connectivity index (χ1n) is 6.64. The second-order valence-corrected chi connectivity index (χ2v) is 5.34. The molecule has 0 bridgehead atoms. The van der Waals surface area contributed by atoms with Crippen LogP contribution in [0, 0.1) is 5.82 Å². The molecule has 0 saturated carbocycles. The Morgan fingerprint density at radius 2 is 1.90 bits per heavy atom. The normalized spacial score (nSPS) is 11.1. The van der Waals surface area contributed by atoms with E-state index in [0.717, 1.165) is 5.57 Å². The van der Waals surface area contributed by atoms with Crippen LogP contribution in [-0.2, 0) is 4.79 Å². The van der Waals surface area contributed by atoms with Crippen LogP contribution in [0.2, 0.25) is 0 Å². The lowest BCUT2D eigenvalue weighted by molar-refractivity contribution is -0.144. The molecule has 1 rings (SSSR count). The summed E-state index contributed by atoms with van der Waals surface area (Å²) in [4.78, 5) is 14.2. The van der Waals surface area contributed by atoms with E-state index in [1.165, 1.54) is 24.3 Å². The van der Waals surface area contributed by atoms with Gasteiger partial charge in [-0.1, -0.05) is 12.2 Å². The molecular weight excluding hydrogens is 257 g/mol. The van der Waals surface area contributed by atoms with Crippen molar-refractivity contribution in [3.63, 3.8) is 0 Å². The number of nitrogens with zero attached hydrogens (tertiary/aromatic N) is 1. The van der Waals surface area contributed by atoms with Crippen LogP contribution in [0.3, 0.4) is 0 Å². The first kappa shape index (κ1) is 16.2. The number of benzene rings is 1. The number of hydrogen-bond acceptors (Lipinski definition) is 2. The summed E-state index contributed by atoms with van der Waals surface area (Å²) in [5.41, 5.74) is -0.0960. The molecule has 0 spiro atoms. The maximum Gasteiger partial charge on any atom is 0.266 e. The number of likely N-dealkylation sites (N-methyl/N-ethyl adjacent to an activating group) is 1. The van der Waals surface area contributed by atoms with Gasteiger partial charge in [-0.05, 0) is 52.0 Å². The van der Waals surface area contributed by atoms with Gasteiger partial charge in [-0.15, -0.1) is 0 Å². The Bertz CT molecular complexity index is 480. The van der Waals surface area contributed by atoms with Crippen LogP contribution in [0.5, 0.6) is 5.75 Å². The molecule has 0 radical (unpaired) electrons. The van der Waals surface area contributed by atoms with Crippen molar-refractivity contribution in [2.24, 2.45) is 0 Å². The highest BCUT2D eigenvalue weighted by Crippen LogP contribution is 2.21. The zero-order chi connectivity index (χ0) is 15.3. The van der Waals surface area contributed by atoms with Gasteiger partial charge in [-0.3, -0.25) is 4.79 Å². The molecule has 0 aliphatic heterocycles. The van der Waals surface area contributed by atoms with Gasteiger partial charge in [0.05, 0.1) is 0 Å². The van der Waals surface area contributed by atoms with Crippen LogP contribution in [0.4, 0.5) is 4.39 Å². The average molecular weight is 279 g/mol. The summed E-state index contributed by atoms with van der Waals surface area (Å²) in [6, 6.07) is 5.64. The number of rotatable bonds is 6. The predicted molar refractivity (Wildman–Crippen MR) is 78.2 cm³/mol. The molecule has 0 saturated heterocycles. The molecular formula is C16H22FNO2. The van der Waals surface area contributed by atoms with Crippen LogP contribution in [0.1, 0.15) is 27.7 Å². The number of carbonyl (C=O) groups is 1. The van der Waals surface area contributed by atoms with E-state index in [2.05, 4.69) is 6.58 Å². The Morgan fingerprint density at radius 1 is 1.35 bits per heavy atom. The van der Waals surface area contributed by atoms with Gasteiger partial charge in [0, 0.05) is 13.1 Å². The SMILES string of the molecule is C=C(C)CN(CC)C(=O)C(C)(C)Oc1ccc(F)cc1. The number of amides is 1. The van der Waals surface area contributed by atoms with Gasteiger partial charge in [-0.2, -0.15) is 0 Å². The zero-order valence-corrected chi connectivity index (χ0v) is 12.6. The monoisotopic (exact) mass is 279 g/mol. The van der Waals surface area contributed by atoms with Crippen molar-refractivity contribution in [2.75, 3.05) is 13.1 Å². The number of hydrogen-bond donors (Lipinski definition) is 0. The first-order valence-corrected chi connectivity index (χ1v) is 6.64. The highest BCUT2D eigenvalue weighted by Gasteiger charge is 2.33. The quantitative estimate of drug-likeness (QED) is 0.747. The van der Waals surface area contributed by atoms with Crippen molar-refractivity contribution < 1.29 is 13.9 Å². The fraction of sp³-hybridized carbons (Fsp3) is 0.438. The second kappa shape index (κ2) is 6.55. The Morgan fingerprint density at radius 3 is 2.35 bits per heavy atom. The molecule has 0 unspecified atom stereocenters. The molecule has 0 N–H and O–H groups in total. The van der Waals surface area contributed by atoms with Gasteiger partial charge in [0.15, 0.2) is 5.60 Å². The Labute approximate surface area is 120 Å². The summed E-state index contributed by atoms with van der Waals surface area (Å²) in [6.07, 6.45) is 0. The van der Waals surface area contributed by atoms with Gasteiger partial charge in [0.1, 0.15) is 11.6 Å². The first-order chi connectivity index (χ1) is 9.26. The summed E-state index contributed by atoms with van der Waals surface area (Å²) in [5, 5.41) is 0. The number of ether oxygens (including phenoxy) is 1. The Balaban J connectivity index is 2.82. The van der Waals surface area contributed by atoms with E-state index in [1.807, 2.05) is 13.8 Å². The van der Waals surface area contributed by atoms with E-state index in [9.17, 15) is 9.18 Å². The molecule has 110 valence electrons. The lowest BCUT2D eigenvalue weighted by Crippen LogP contribution is -2.49. The highest BCUT2D eigenvalue weighted by atomic mass is 19.1. The number of halogens is 1. The van der Waals surface area contributed by atoms with Crippen molar-refractivity contribution in [3.05, 3.63) is 42.2 Å². The molecule has 0 aliphatic carbocycles. The highest BCUT2D eigenvalue weighted by molar-refractivity contribution is 5.85. The van der Waals surface area contributed by atoms with Gasteiger partial charge in [-0.25, -0.2) is 4.39 Å². The van der Waals surface area contributed by atoms with Crippen molar-refractivity contribution in [1.82, 2.24) is 4.90 Å². The van der Waals surface area contributed by atoms with Gasteiger partial charge >= 0.3 is 0 Å². The second-order valence-electron chi connectivity index (χ2n) is 5.34. The third kappa shape index (κ3) is 4.37. The fourth-order valence-corrected chi connectivity index (χ4v) is 1.87. The Hall–Kier alpha value is -1.84. The summed E-state index contributed by atoms with van der Waals surface area (Å²) in [5.74, 6) is 0.0161. The van der Waals surface area contributed by atoms with Crippen LogP contribution >= 0.6 is 0 Å². The van der Waals surface area contributed by atoms with Crippen LogP contribution < -0.4 is 4.74 Å². The molecule has 20 heavy (non-hydrogen) atoms. The maximum atomic E-state index is 12.9. The lowest BCUT2D eigenvalue weighted by atomic mass is 10.1. The minimum atomic E-state index is -1.01. The Kier molecular flexibility index (Phi) is 5.31. The van der Waals surface area contributed by atoms with Crippen molar-refractivity contribution in [1.29, 1.82) is 0 Å². The lowest BCUT2D eigenvalue weighted by Gasteiger charge is -2.32. The van der Waals surface area contributed by atoms with E-state index in [0.29, 0.717) is 18.8 Å². The number of carbonyl (C=O) groups excluding carboxylic acids is 1. The van der Waals surface area contributed by atoms with Crippen molar-refractivity contribution in [3.8, 4) is 5.75 Å². The average Bonchev–Trinajstić information content (AvgIpc) is 2.37. The molecule has 3 nitrogen and oxygen atoms in total. The van der Waals surface area contributed by atoms with Crippen molar-refractivity contribution in [2.45, 2.75) is 33.3 Å². The van der Waals surface area contributed by atoms with Gasteiger partial charge in [0.25, 0.3) is 5.91 Å². The third-order valence-corrected chi connectivity index (χ3v) is 2.83. The van der Waals surface area contributed by atoms with E-state index in [4.69, 9.17) is 4.74 Å². The molecule has 1 aromatic rings. The molecule has 0 aliphatic rings. The van der Waals surface area contributed by atoms with Gasteiger partial charge < -0.3 is 9.64 Å². The van der Waals surface area contributed by atoms with E-state index in [-0.39, 0.29) is 11.7 Å². The van der Waals surface area contributed by atoms with Crippen molar-refractivity contribution >= 4 is 5.91 Å². The summed E-state index contributed by atoms with van der Waals surface area (Å²) >= 11 is 0. The summed E-state index contributed by atoms with van der Waals surface area (Å²) in [6.45, 7) is 12.1. The minimum absolute atomic E-state index is 0.118. The van der Waals surface area contributed by atoms with E-state index in [1.54, 1.807) is 18.7 Å².